The lowest BCUT2D eigenvalue weighted by Gasteiger charge is -2.28. The van der Waals surface area contributed by atoms with Gasteiger partial charge in [0, 0.05) is 35.2 Å². The standard InChI is InChI=1S/C32H37ClN2O4.C7H7Cl/c1-3-4-7-16-35(21-36)20-25-8-5-6-9-27(25)24-12-10-23(11-13-24)17-22(2)34-32(38)31-19-29(37)28-18-26(33)14-15-30(28)39-31;1-6-2-4-7(8)5-3-6/h5-6,8-9,14-15,17-19,21-22,24H,3-4,7,10-13,16,20H2,1-2H3,(H,34,38);2-5H,1H3. The average molecular weight is 676 g/mol. The van der Waals surface area contributed by atoms with Crippen molar-refractivity contribution in [1.29, 1.82) is 0 Å². The van der Waals surface area contributed by atoms with E-state index < -0.39 is 5.91 Å². The first-order valence-corrected chi connectivity index (χ1v) is 17.2. The van der Waals surface area contributed by atoms with Crippen molar-refractivity contribution < 1.29 is 14.0 Å². The van der Waals surface area contributed by atoms with Crippen LogP contribution in [0.3, 0.4) is 0 Å². The van der Waals surface area contributed by atoms with Crippen molar-refractivity contribution in [3.05, 3.63) is 127 Å². The van der Waals surface area contributed by atoms with E-state index in [1.165, 1.54) is 34.4 Å². The molecule has 2 amide bonds. The Kier molecular flexibility index (Phi) is 13.7. The van der Waals surface area contributed by atoms with Gasteiger partial charge in [-0.3, -0.25) is 14.4 Å². The summed E-state index contributed by atoms with van der Waals surface area (Å²) in [4.78, 5) is 38.8. The summed E-state index contributed by atoms with van der Waals surface area (Å²) >= 11 is 11.6. The van der Waals surface area contributed by atoms with Crippen molar-refractivity contribution in [1.82, 2.24) is 10.2 Å². The number of carbonyl (C=O) groups is 2. The molecule has 0 radical (unpaired) electrons. The topological polar surface area (TPSA) is 79.6 Å². The molecule has 1 atom stereocenters. The van der Waals surface area contributed by atoms with Gasteiger partial charge < -0.3 is 14.6 Å². The van der Waals surface area contributed by atoms with Gasteiger partial charge in [0.05, 0.1) is 5.39 Å². The van der Waals surface area contributed by atoms with Gasteiger partial charge in [-0.2, -0.15) is 0 Å². The number of unbranched alkanes of at least 4 members (excludes halogenated alkanes) is 2. The number of carbonyl (C=O) groups excluding carboxylic acids is 2. The van der Waals surface area contributed by atoms with Crippen LogP contribution in [-0.2, 0) is 11.3 Å². The van der Waals surface area contributed by atoms with Crippen LogP contribution in [0.5, 0.6) is 0 Å². The highest BCUT2D eigenvalue weighted by Gasteiger charge is 2.22. The lowest BCUT2D eigenvalue weighted by Crippen LogP contribution is -2.32. The molecule has 0 bridgehead atoms. The van der Waals surface area contributed by atoms with Gasteiger partial charge in [0.25, 0.3) is 5.91 Å². The minimum absolute atomic E-state index is 0.0144. The molecule has 248 valence electrons. The molecule has 0 aliphatic heterocycles. The molecule has 47 heavy (non-hydrogen) atoms. The third-order valence-corrected chi connectivity index (χ3v) is 8.95. The minimum Gasteiger partial charge on any atom is -0.451 e. The lowest BCUT2D eigenvalue weighted by atomic mass is 9.79. The van der Waals surface area contributed by atoms with E-state index in [-0.39, 0.29) is 17.2 Å². The van der Waals surface area contributed by atoms with Gasteiger partial charge in [-0.05, 0) is 93.3 Å². The van der Waals surface area contributed by atoms with E-state index in [1.807, 2.05) is 43.0 Å². The molecule has 1 heterocycles. The van der Waals surface area contributed by atoms with Gasteiger partial charge in [-0.25, -0.2) is 0 Å². The predicted molar refractivity (Wildman–Crippen MR) is 192 cm³/mol. The maximum atomic E-state index is 12.8. The number of hydrogen-bond acceptors (Lipinski definition) is 4. The molecule has 1 aliphatic carbocycles. The van der Waals surface area contributed by atoms with Crippen molar-refractivity contribution in [2.45, 2.75) is 84.2 Å². The summed E-state index contributed by atoms with van der Waals surface area (Å²) in [7, 11) is 0. The zero-order chi connectivity index (χ0) is 33.8. The Morgan fingerprint density at radius 2 is 1.70 bits per heavy atom. The largest absolute Gasteiger partial charge is 0.451 e. The van der Waals surface area contributed by atoms with Crippen LogP contribution in [0.15, 0.2) is 93.7 Å². The zero-order valence-corrected chi connectivity index (χ0v) is 28.9. The smallest absolute Gasteiger partial charge is 0.287 e. The van der Waals surface area contributed by atoms with Gasteiger partial charge in [-0.1, -0.05) is 96.6 Å². The van der Waals surface area contributed by atoms with Gasteiger partial charge >= 0.3 is 0 Å². The highest BCUT2D eigenvalue weighted by Crippen LogP contribution is 2.37. The van der Waals surface area contributed by atoms with Crippen molar-refractivity contribution in [2.24, 2.45) is 0 Å². The van der Waals surface area contributed by atoms with E-state index in [0.717, 1.165) is 62.9 Å². The quantitative estimate of drug-likeness (QED) is 0.0976. The summed E-state index contributed by atoms with van der Waals surface area (Å²) in [6.07, 6.45) is 10.4. The van der Waals surface area contributed by atoms with E-state index >= 15 is 0 Å². The van der Waals surface area contributed by atoms with Crippen LogP contribution in [0.4, 0.5) is 0 Å². The first-order chi connectivity index (χ1) is 22.7. The fourth-order valence-electron chi connectivity index (χ4n) is 5.94. The van der Waals surface area contributed by atoms with Crippen LogP contribution in [0.2, 0.25) is 10.0 Å². The molecule has 8 heteroatoms. The molecule has 5 rings (SSSR count). The van der Waals surface area contributed by atoms with Gasteiger partial charge in [0.2, 0.25) is 6.41 Å². The molecule has 4 aromatic rings. The van der Waals surface area contributed by atoms with E-state index in [1.54, 1.807) is 12.1 Å². The number of aryl methyl sites for hydroxylation is 1. The number of hydrogen-bond donors (Lipinski definition) is 1. The van der Waals surface area contributed by atoms with Crippen LogP contribution in [0.1, 0.15) is 92.0 Å². The molecule has 0 saturated heterocycles. The lowest BCUT2D eigenvalue weighted by molar-refractivity contribution is -0.118. The molecule has 6 nitrogen and oxygen atoms in total. The number of nitrogens with zero attached hydrogens (tertiary/aromatic N) is 1. The predicted octanol–water partition coefficient (Wildman–Crippen LogP) is 9.65. The van der Waals surface area contributed by atoms with Crippen molar-refractivity contribution in [2.75, 3.05) is 6.54 Å². The Hall–Kier alpha value is -3.87. The van der Waals surface area contributed by atoms with Crippen molar-refractivity contribution in [3.8, 4) is 0 Å². The first kappa shape index (κ1) is 36.0. The summed E-state index contributed by atoms with van der Waals surface area (Å²) < 4.78 is 5.67. The molecular formula is C39H44Cl2N2O4. The summed E-state index contributed by atoms with van der Waals surface area (Å²) in [5.41, 5.74) is 5.17. The Morgan fingerprint density at radius 1 is 1.00 bits per heavy atom. The van der Waals surface area contributed by atoms with Crippen molar-refractivity contribution in [3.63, 3.8) is 0 Å². The number of nitrogens with one attached hydrogen (secondary N) is 1. The second kappa shape index (κ2) is 17.9. The highest BCUT2D eigenvalue weighted by atomic mass is 35.5. The van der Waals surface area contributed by atoms with Crippen LogP contribution < -0.4 is 10.7 Å². The van der Waals surface area contributed by atoms with E-state index in [0.29, 0.717) is 28.5 Å². The maximum absolute atomic E-state index is 12.8. The van der Waals surface area contributed by atoms with Gasteiger partial charge in [0.1, 0.15) is 5.58 Å². The van der Waals surface area contributed by atoms with Crippen LogP contribution in [-0.4, -0.2) is 29.8 Å². The third kappa shape index (κ3) is 10.8. The van der Waals surface area contributed by atoms with E-state index in [4.69, 9.17) is 27.6 Å². The number of allylic oxidation sites excluding steroid dienone is 1. The van der Waals surface area contributed by atoms with Crippen LogP contribution in [0.25, 0.3) is 11.0 Å². The highest BCUT2D eigenvalue weighted by molar-refractivity contribution is 6.31. The first-order valence-electron chi connectivity index (χ1n) is 16.4. The molecule has 0 spiro atoms. The molecule has 1 aromatic heterocycles. The minimum atomic E-state index is -0.422. The van der Waals surface area contributed by atoms with E-state index in [2.05, 4.69) is 42.6 Å². The second-order valence-corrected chi connectivity index (χ2v) is 13.1. The fraction of sp³-hybridized carbons (Fsp3) is 0.359. The second-order valence-electron chi connectivity index (χ2n) is 12.3. The Balaban J connectivity index is 0.000000546. The van der Waals surface area contributed by atoms with Gasteiger partial charge in [0.15, 0.2) is 11.2 Å². The summed E-state index contributed by atoms with van der Waals surface area (Å²) in [5, 5.41) is 4.53. The molecule has 1 N–H and O–H groups in total. The average Bonchev–Trinajstić information content (AvgIpc) is 3.07. The number of halogens is 2. The number of amides is 2. The maximum Gasteiger partial charge on any atom is 0.287 e. The third-order valence-electron chi connectivity index (χ3n) is 8.46. The normalized spacial score (nSPS) is 14.9. The van der Waals surface area contributed by atoms with E-state index in [9.17, 15) is 14.4 Å². The molecular weight excluding hydrogens is 631 g/mol. The summed E-state index contributed by atoms with van der Waals surface area (Å²) in [6, 6.07) is 22.0. The van der Waals surface area contributed by atoms with Crippen molar-refractivity contribution >= 4 is 46.5 Å². The molecule has 1 saturated carbocycles. The fourth-order valence-corrected chi connectivity index (χ4v) is 6.24. The number of benzene rings is 3. The Labute approximate surface area is 287 Å². The van der Waals surface area contributed by atoms with Gasteiger partial charge in [-0.15, -0.1) is 0 Å². The molecule has 1 aliphatic rings. The summed E-state index contributed by atoms with van der Waals surface area (Å²) in [6.45, 7) is 7.59. The van der Waals surface area contributed by atoms with Crippen LogP contribution >= 0.6 is 23.2 Å². The molecule has 1 fully saturated rings. The molecule has 1 unspecified atom stereocenters. The number of rotatable bonds is 11. The zero-order valence-electron chi connectivity index (χ0n) is 27.4. The Morgan fingerprint density at radius 3 is 2.38 bits per heavy atom. The molecule has 3 aromatic carbocycles. The number of fused-ring (bicyclic) bond motifs is 1. The Bertz CT molecular complexity index is 1700. The SMILES string of the molecule is CCCCCN(C=O)Cc1ccccc1C1CCC(=CC(C)NC(=O)c2cc(=O)c3cc(Cl)ccc3o2)CC1.Cc1ccc(Cl)cc1. The van der Waals surface area contributed by atoms with Crippen LogP contribution in [0, 0.1) is 6.92 Å². The summed E-state index contributed by atoms with van der Waals surface area (Å²) in [5.74, 6) is 0.0156. The monoisotopic (exact) mass is 674 g/mol.